The molecule has 0 unspecified atom stereocenters. The predicted molar refractivity (Wildman–Crippen MR) is 60.1 cm³/mol. The van der Waals surface area contributed by atoms with Crippen LogP contribution in [0.15, 0.2) is 24.3 Å². The van der Waals surface area contributed by atoms with Crippen LogP contribution in [0.2, 0.25) is 0 Å². The van der Waals surface area contributed by atoms with E-state index in [0.29, 0.717) is 0 Å². The Kier molecular flexibility index (Phi) is 2.70. The van der Waals surface area contributed by atoms with Gasteiger partial charge in [-0.15, -0.1) is 0 Å². The summed E-state index contributed by atoms with van der Waals surface area (Å²) in [5.74, 6) is 0.895. The molecule has 0 atom stereocenters. The highest BCUT2D eigenvalue weighted by Gasteiger charge is 2.40. The number of rotatable bonds is 4. The summed E-state index contributed by atoms with van der Waals surface area (Å²) >= 11 is 0. The zero-order valence-electron chi connectivity index (χ0n) is 9.36. The van der Waals surface area contributed by atoms with E-state index in [1.165, 1.54) is 0 Å². The zero-order chi connectivity index (χ0) is 10.9. The molecule has 1 saturated carbocycles. The molecule has 0 aromatic heterocycles. The lowest BCUT2D eigenvalue weighted by atomic mass is 10.1. The summed E-state index contributed by atoms with van der Waals surface area (Å²) in [5.41, 5.74) is 0.740. The minimum atomic E-state index is -0.420. The van der Waals surface area contributed by atoms with Gasteiger partial charge in [-0.2, -0.15) is 0 Å². The van der Waals surface area contributed by atoms with Crippen LogP contribution < -0.4 is 4.74 Å². The molecule has 2 heteroatoms. The maximum absolute atomic E-state index is 9.81. The van der Waals surface area contributed by atoms with Crippen LogP contribution in [0.5, 0.6) is 5.75 Å². The molecule has 0 heterocycles. The SMILES string of the molecule is CC(C)Oc1cccc(CC2(O)CC2)c1. The molecule has 1 aliphatic carbocycles. The first-order valence-electron chi connectivity index (χ1n) is 5.55. The molecular weight excluding hydrogens is 188 g/mol. The van der Waals surface area contributed by atoms with Crippen molar-refractivity contribution in [2.75, 3.05) is 0 Å². The lowest BCUT2D eigenvalue weighted by Crippen LogP contribution is -2.11. The Hall–Kier alpha value is -1.02. The molecule has 82 valence electrons. The van der Waals surface area contributed by atoms with Crippen molar-refractivity contribution in [1.82, 2.24) is 0 Å². The van der Waals surface area contributed by atoms with Gasteiger partial charge in [0, 0.05) is 6.42 Å². The molecule has 0 amide bonds. The average molecular weight is 206 g/mol. The van der Waals surface area contributed by atoms with E-state index < -0.39 is 5.60 Å². The molecule has 1 aromatic rings. The van der Waals surface area contributed by atoms with Crippen molar-refractivity contribution in [3.63, 3.8) is 0 Å². The Morgan fingerprint density at radius 2 is 2.13 bits per heavy atom. The van der Waals surface area contributed by atoms with Gasteiger partial charge in [-0.3, -0.25) is 0 Å². The van der Waals surface area contributed by atoms with E-state index >= 15 is 0 Å². The van der Waals surface area contributed by atoms with Crippen LogP contribution in [0, 0.1) is 0 Å². The van der Waals surface area contributed by atoms with Crippen molar-refractivity contribution < 1.29 is 9.84 Å². The molecule has 1 N–H and O–H groups in total. The Balaban J connectivity index is 2.05. The van der Waals surface area contributed by atoms with E-state index in [1.807, 2.05) is 38.1 Å². The molecule has 15 heavy (non-hydrogen) atoms. The Morgan fingerprint density at radius 3 is 2.73 bits per heavy atom. The van der Waals surface area contributed by atoms with Gasteiger partial charge in [-0.25, -0.2) is 0 Å². The van der Waals surface area contributed by atoms with Crippen LogP contribution in [-0.2, 0) is 6.42 Å². The number of hydrogen-bond acceptors (Lipinski definition) is 2. The predicted octanol–water partition coefficient (Wildman–Crippen LogP) is 2.54. The second-order valence-corrected chi connectivity index (χ2v) is 4.72. The number of aliphatic hydroxyl groups is 1. The Bertz CT molecular complexity index is 340. The summed E-state index contributed by atoms with van der Waals surface area (Å²) in [6, 6.07) is 8.01. The summed E-state index contributed by atoms with van der Waals surface area (Å²) < 4.78 is 5.61. The fourth-order valence-electron chi connectivity index (χ4n) is 1.70. The van der Waals surface area contributed by atoms with Crippen molar-refractivity contribution in [3.05, 3.63) is 29.8 Å². The maximum Gasteiger partial charge on any atom is 0.119 e. The van der Waals surface area contributed by atoms with Crippen LogP contribution in [-0.4, -0.2) is 16.8 Å². The summed E-state index contributed by atoms with van der Waals surface area (Å²) in [4.78, 5) is 0. The van der Waals surface area contributed by atoms with E-state index in [1.54, 1.807) is 0 Å². The molecule has 0 aliphatic heterocycles. The van der Waals surface area contributed by atoms with Crippen LogP contribution in [0.1, 0.15) is 32.3 Å². The van der Waals surface area contributed by atoms with Crippen LogP contribution in [0.3, 0.4) is 0 Å². The van der Waals surface area contributed by atoms with Gasteiger partial charge in [-0.05, 0) is 44.4 Å². The third-order valence-electron chi connectivity index (χ3n) is 2.63. The van der Waals surface area contributed by atoms with Crippen molar-refractivity contribution in [1.29, 1.82) is 0 Å². The number of benzene rings is 1. The maximum atomic E-state index is 9.81. The van der Waals surface area contributed by atoms with Gasteiger partial charge in [0.1, 0.15) is 5.75 Å². The summed E-state index contributed by atoms with van der Waals surface area (Å²) in [6.45, 7) is 4.03. The molecule has 1 fully saturated rings. The number of ether oxygens (including phenoxy) is 1. The normalized spacial score (nSPS) is 17.9. The van der Waals surface area contributed by atoms with Crippen LogP contribution >= 0.6 is 0 Å². The highest BCUT2D eigenvalue weighted by molar-refractivity contribution is 5.30. The highest BCUT2D eigenvalue weighted by atomic mass is 16.5. The molecule has 2 nitrogen and oxygen atoms in total. The third-order valence-corrected chi connectivity index (χ3v) is 2.63. The van der Waals surface area contributed by atoms with Gasteiger partial charge in [-0.1, -0.05) is 12.1 Å². The first kappa shape index (κ1) is 10.5. The van der Waals surface area contributed by atoms with E-state index in [2.05, 4.69) is 0 Å². The minimum Gasteiger partial charge on any atom is -0.491 e. The third kappa shape index (κ3) is 2.96. The molecule has 1 aromatic carbocycles. The van der Waals surface area contributed by atoms with Gasteiger partial charge in [0.15, 0.2) is 0 Å². The fourth-order valence-corrected chi connectivity index (χ4v) is 1.70. The second kappa shape index (κ2) is 3.86. The summed E-state index contributed by atoms with van der Waals surface area (Å²) in [5, 5.41) is 9.81. The van der Waals surface area contributed by atoms with Crippen molar-refractivity contribution in [3.8, 4) is 5.75 Å². The Labute approximate surface area is 90.9 Å². The topological polar surface area (TPSA) is 29.5 Å². The highest BCUT2D eigenvalue weighted by Crippen LogP contribution is 2.38. The molecule has 0 bridgehead atoms. The lowest BCUT2D eigenvalue weighted by Gasteiger charge is -2.12. The molecule has 2 rings (SSSR count). The van der Waals surface area contributed by atoms with E-state index in [-0.39, 0.29) is 6.10 Å². The van der Waals surface area contributed by atoms with Crippen molar-refractivity contribution in [2.45, 2.75) is 44.8 Å². The molecule has 1 aliphatic rings. The van der Waals surface area contributed by atoms with Crippen LogP contribution in [0.4, 0.5) is 0 Å². The van der Waals surface area contributed by atoms with Gasteiger partial charge in [0.25, 0.3) is 0 Å². The zero-order valence-corrected chi connectivity index (χ0v) is 9.36. The second-order valence-electron chi connectivity index (χ2n) is 4.72. The van der Waals surface area contributed by atoms with Gasteiger partial charge in [0.2, 0.25) is 0 Å². The average Bonchev–Trinajstić information content (AvgIpc) is 2.82. The first-order chi connectivity index (χ1) is 7.07. The van der Waals surface area contributed by atoms with E-state index in [4.69, 9.17) is 4.74 Å². The van der Waals surface area contributed by atoms with Crippen LogP contribution in [0.25, 0.3) is 0 Å². The number of hydrogen-bond donors (Lipinski definition) is 1. The minimum absolute atomic E-state index is 0.198. The first-order valence-corrected chi connectivity index (χ1v) is 5.55. The Morgan fingerprint density at radius 1 is 1.40 bits per heavy atom. The summed E-state index contributed by atoms with van der Waals surface area (Å²) in [6.07, 6.45) is 2.82. The molecule has 0 saturated heterocycles. The monoisotopic (exact) mass is 206 g/mol. The molecule has 0 radical (unpaired) electrons. The van der Waals surface area contributed by atoms with Crippen molar-refractivity contribution in [2.24, 2.45) is 0 Å². The van der Waals surface area contributed by atoms with Crippen molar-refractivity contribution >= 4 is 0 Å². The summed E-state index contributed by atoms with van der Waals surface area (Å²) in [7, 11) is 0. The largest absolute Gasteiger partial charge is 0.491 e. The molecule has 0 spiro atoms. The van der Waals surface area contributed by atoms with Gasteiger partial charge >= 0.3 is 0 Å². The van der Waals surface area contributed by atoms with Gasteiger partial charge in [0.05, 0.1) is 11.7 Å². The van der Waals surface area contributed by atoms with E-state index in [0.717, 1.165) is 30.6 Å². The van der Waals surface area contributed by atoms with Gasteiger partial charge < -0.3 is 9.84 Å². The fraction of sp³-hybridized carbons (Fsp3) is 0.538. The van der Waals surface area contributed by atoms with E-state index in [9.17, 15) is 5.11 Å². The quantitative estimate of drug-likeness (QED) is 0.820. The standard InChI is InChI=1S/C13H18O2/c1-10(2)15-12-5-3-4-11(8-12)9-13(14)6-7-13/h3-5,8,10,14H,6-7,9H2,1-2H3. The lowest BCUT2D eigenvalue weighted by molar-refractivity contribution is 0.151. The molecular formula is C13H18O2. The smallest absolute Gasteiger partial charge is 0.119 e.